The standard InChI is InChI=1S/C28H27N5O/c1-19(2)17-34-27-11-7-6-10-22(27)26-15-25(30-18-31-26)21-12-13-24-23(14-21)28(33-32-24)29-16-20-8-4-3-5-9-20/h3-15,18-19H,16-17H2,1-2H3,(H2,29,32,33). The average Bonchev–Trinajstić information content (AvgIpc) is 3.29. The highest BCUT2D eigenvalue weighted by atomic mass is 16.5. The fourth-order valence-electron chi connectivity index (χ4n) is 3.81. The molecule has 0 unspecified atom stereocenters. The van der Waals surface area contributed by atoms with Crippen molar-refractivity contribution in [2.24, 2.45) is 5.92 Å². The van der Waals surface area contributed by atoms with E-state index in [1.807, 2.05) is 54.6 Å². The van der Waals surface area contributed by atoms with Crippen molar-refractivity contribution in [2.75, 3.05) is 11.9 Å². The van der Waals surface area contributed by atoms with Gasteiger partial charge in [0.05, 0.1) is 23.5 Å². The number of fused-ring (bicyclic) bond motifs is 1. The van der Waals surface area contributed by atoms with Crippen molar-refractivity contribution in [3.05, 3.63) is 90.8 Å². The molecule has 6 heteroatoms. The van der Waals surface area contributed by atoms with E-state index in [1.54, 1.807) is 6.33 Å². The minimum absolute atomic E-state index is 0.445. The van der Waals surface area contributed by atoms with E-state index in [-0.39, 0.29) is 0 Å². The number of hydrogen-bond donors (Lipinski definition) is 2. The first-order valence-corrected chi connectivity index (χ1v) is 11.5. The third-order valence-corrected chi connectivity index (χ3v) is 5.56. The fourth-order valence-corrected chi connectivity index (χ4v) is 3.81. The van der Waals surface area contributed by atoms with Gasteiger partial charge in [0.1, 0.15) is 12.1 Å². The summed E-state index contributed by atoms with van der Waals surface area (Å²) in [6.45, 7) is 5.64. The van der Waals surface area contributed by atoms with E-state index in [1.165, 1.54) is 5.56 Å². The summed E-state index contributed by atoms with van der Waals surface area (Å²) >= 11 is 0. The van der Waals surface area contributed by atoms with Gasteiger partial charge in [0.25, 0.3) is 0 Å². The molecule has 0 aliphatic carbocycles. The SMILES string of the molecule is CC(C)COc1ccccc1-c1cc(-c2ccc3[nH]nc(NCc4ccccc4)c3c2)ncn1. The molecule has 2 aromatic heterocycles. The number of ether oxygens (including phenoxy) is 1. The molecule has 170 valence electrons. The average molecular weight is 450 g/mol. The first kappa shape index (κ1) is 21.6. The number of aromatic amines is 1. The summed E-state index contributed by atoms with van der Waals surface area (Å²) in [7, 11) is 0. The second-order valence-electron chi connectivity index (χ2n) is 8.66. The third-order valence-electron chi connectivity index (χ3n) is 5.56. The lowest BCUT2D eigenvalue weighted by Crippen LogP contribution is -2.05. The Morgan fingerprint density at radius 1 is 0.882 bits per heavy atom. The van der Waals surface area contributed by atoms with Crippen LogP contribution < -0.4 is 10.1 Å². The molecule has 0 fully saturated rings. The second kappa shape index (κ2) is 9.75. The third kappa shape index (κ3) is 4.76. The molecule has 2 N–H and O–H groups in total. The molecule has 2 heterocycles. The fraction of sp³-hybridized carbons (Fsp3) is 0.179. The number of rotatable bonds is 8. The molecule has 5 rings (SSSR count). The minimum atomic E-state index is 0.445. The monoisotopic (exact) mass is 449 g/mol. The zero-order valence-electron chi connectivity index (χ0n) is 19.3. The van der Waals surface area contributed by atoms with Crippen LogP contribution in [0.3, 0.4) is 0 Å². The maximum atomic E-state index is 6.04. The Morgan fingerprint density at radius 3 is 2.53 bits per heavy atom. The Balaban J connectivity index is 1.44. The van der Waals surface area contributed by atoms with Gasteiger partial charge in [0.2, 0.25) is 0 Å². The Hall–Kier alpha value is -4.19. The number of anilines is 1. The smallest absolute Gasteiger partial charge is 0.156 e. The number of aromatic nitrogens is 4. The van der Waals surface area contributed by atoms with Crippen LogP contribution in [0.4, 0.5) is 5.82 Å². The van der Waals surface area contributed by atoms with E-state index in [0.717, 1.165) is 45.0 Å². The molecule has 0 bridgehead atoms. The molecule has 0 radical (unpaired) electrons. The number of H-pyrrole nitrogens is 1. The van der Waals surface area contributed by atoms with Gasteiger partial charge in [0.15, 0.2) is 5.82 Å². The van der Waals surface area contributed by atoms with Crippen LogP contribution >= 0.6 is 0 Å². The van der Waals surface area contributed by atoms with E-state index in [9.17, 15) is 0 Å². The zero-order valence-corrected chi connectivity index (χ0v) is 19.3. The van der Waals surface area contributed by atoms with Crippen molar-refractivity contribution in [1.82, 2.24) is 20.2 Å². The van der Waals surface area contributed by atoms with Crippen LogP contribution in [0.15, 0.2) is 85.2 Å². The normalized spacial score (nSPS) is 11.1. The first-order chi connectivity index (χ1) is 16.7. The van der Waals surface area contributed by atoms with Crippen LogP contribution in [-0.4, -0.2) is 26.8 Å². The van der Waals surface area contributed by atoms with Gasteiger partial charge in [-0.25, -0.2) is 9.97 Å². The molecule has 3 aromatic carbocycles. The zero-order chi connectivity index (χ0) is 23.3. The molecular formula is C28H27N5O. The summed E-state index contributed by atoms with van der Waals surface area (Å²) in [5.74, 6) is 2.10. The van der Waals surface area contributed by atoms with Crippen molar-refractivity contribution in [3.8, 4) is 28.3 Å². The summed E-state index contributed by atoms with van der Waals surface area (Å²) in [4.78, 5) is 9.08. The lowest BCUT2D eigenvalue weighted by atomic mass is 10.1. The maximum absolute atomic E-state index is 6.04. The number of nitrogens with one attached hydrogen (secondary N) is 2. The van der Waals surface area contributed by atoms with Crippen LogP contribution in [0.5, 0.6) is 5.75 Å². The van der Waals surface area contributed by atoms with Crippen molar-refractivity contribution >= 4 is 16.7 Å². The Bertz CT molecular complexity index is 1390. The van der Waals surface area contributed by atoms with Crippen molar-refractivity contribution in [1.29, 1.82) is 0 Å². The van der Waals surface area contributed by atoms with Crippen LogP contribution in [0.1, 0.15) is 19.4 Å². The predicted octanol–water partition coefficient (Wildman–Crippen LogP) is 6.33. The van der Waals surface area contributed by atoms with Gasteiger partial charge >= 0.3 is 0 Å². The number of para-hydroxylation sites is 1. The summed E-state index contributed by atoms with van der Waals surface area (Å²) in [6, 6.07) is 26.5. The molecular weight excluding hydrogens is 422 g/mol. The van der Waals surface area contributed by atoms with E-state index in [2.05, 4.69) is 63.6 Å². The number of nitrogens with zero attached hydrogens (tertiary/aromatic N) is 3. The largest absolute Gasteiger partial charge is 0.493 e. The van der Waals surface area contributed by atoms with E-state index in [4.69, 9.17) is 4.74 Å². The highest BCUT2D eigenvalue weighted by Crippen LogP contribution is 2.32. The molecule has 0 saturated heterocycles. The number of benzene rings is 3. The van der Waals surface area contributed by atoms with Gasteiger partial charge in [0, 0.05) is 23.1 Å². The van der Waals surface area contributed by atoms with Gasteiger partial charge in [-0.1, -0.05) is 62.4 Å². The molecule has 0 atom stereocenters. The van der Waals surface area contributed by atoms with E-state index < -0.39 is 0 Å². The highest BCUT2D eigenvalue weighted by Gasteiger charge is 2.12. The topological polar surface area (TPSA) is 75.7 Å². The molecule has 6 nitrogen and oxygen atoms in total. The first-order valence-electron chi connectivity index (χ1n) is 11.5. The molecule has 0 spiro atoms. The molecule has 5 aromatic rings. The van der Waals surface area contributed by atoms with Crippen molar-refractivity contribution in [2.45, 2.75) is 20.4 Å². The van der Waals surface area contributed by atoms with Gasteiger partial charge in [-0.05, 0) is 41.8 Å². The minimum Gasteiger partial charge on any atom is -0.493 e. The molecule has 0 aliphatic rings. The molecule has 34 heavy (non-hydrogen) atoms. The van der Waals surface area contributed by atoms with Crippen LogP contribution in [-0.2, 0) is 6.54 Å². The number of hydrogen-bond acceptors (Lipinski definition) is 5. The summed E-state index contributed by atoms with van der Waals surface area (Å²) in [5.41, 5.74) is 5.82. The lowest BCUT2D eigenvalue weighted by Gasteiger charge is -2.13. The highest BCUT2D eigenvalue weighted by molar-refractivity contribution is 5.93. The van der Waals surface area contributed by atoms with Gasteiger partial charge in [-0.15, -0.1) is 0 Å². The Labute approximate surface area is 199 Å². The Morgan fingerprint density at radius 2 is 1.68 bits per heavy atom. The summed E-state index contributed by atoms with van der Waals surface area (Å²) in [6.07, 6.45) is 1.61. The predicted molar refractivity (Wildman–Crippen MR) is 137 cm³/mol. The second-order valence-corrected chi connectivity index (χ2v) is 8.66. The summed E-state index contributed by atoms with van der Waals surface area (Å²) < 4.78 is 6.04. The van der Waals surface area contributed by atoms with E-state index >= 15 is 0 Å². The van der Waals surface area contributed by atoms with Crippen LogP contribution in [0, 0.1) is 5.92 Å². The summed E-state index contributed by atoms with van der Waals surface area (Å²) in [5, 5.41) is 12.0. The quantitative estimate of drug-likeness (QED) is 0.289. The molecule has 0 amide bonds. The molecule has 0 aliphatic heterocycles. The van der Waals surface area contributed by atoms with Crippen LogP contribution in [0.25, 0.3) is 33.4 Å². The Kier molecular flexibility index (Phi) is 6.21. The van der Waals surface area contributed by atoms with Crippen LogP contribution in [0.2, 0.25) is 0 Å². The maximum Gasteiger partial charge on any atom is 0.156 e. The van der Waals surface area contributed by atoms with Gasteiger partial charge in [-0.2, -0.15) is 5.10 Å². The van der Waals surface area contributed by atoms with Crippen molar-refractivity contribution < 1.29 is 4.74 Å². The lowest BCUT2D eigenvalue weighted by molar-refractivity contribution is 0.272. The van der Waals surface area contributed by atoms with E-state index in [0.29, 0.717) is 19.1 Å². The van der Waals surface area contributed by atoms with Crippen molar-refractivity contribution in [3.63, 3.8) is 0 Å². The molecule has 0 saturated carbocycles. The van der Waals surface area contributed by atoms with Gasteiger partial charge in [-0.3, -0.25) is 5.10 Å². The van der Waals surface area contributed by atoms with Gasteiger partial charge < -0.3 is 10.1 Å².